The summed E-state index contributed by atoms with van der Waals surface area (Å²) in [5.74, 6) is 0.668. The largest absolute Gasteiger partial charge is 0.272 e. The molecular formula is C10H15BrN2. The summed E-state index contributed by atoms with van der Waals surface area (Å²) in [5.41, 5.74) is 1.38. The molecule has 0 aromatic carbocycles. The number of rotatable bonds is 1. The molecule has 1 saturated carbocycles. The summed E-state index contributed by atoms with van der Waals surface area (Å²) in [6.45, 7) is 0. The molecule has 1 fully saturated rings. The van der Waals surface area contributed by atoms with E-state index in [1.54, 1.807) is 0 Å². The van der Waals surface area contributed by atoms with Crippen LogP contribution in [0.4, 0.5) is 0 Å². The van der Waals surface area contributed by atoms with E-state index in [9.17, 15) is 0 Å². The van der Waals surface area contributed by atoms with E-state index in [1.165, 1.54) is 31.4 Å². The van der Waals surface area contributed by atoms with Crippen LogP contribution in [0.5, 0.6) is 0 Å². The van der Waals surface area contributed by atoms with E-state index in [0.717, 1.165) is 0 Å². The summed E-state index contributed by atoms with van der Waals surface area (Å²) < 4.78 is 2.00. The smallest absolute Gasteiger partial charge is 0.0492 e. The Kier molecular flexibility index (Phi) is 2.72. The molecule has 1 heterocycles. The predicted octanol–water partition coefficient (Wildman–Crippen LogP) is 2.84. The van der Waals surface area contributed by atoms with Gasteiger partial charge in [-0.3, -0.25) is 4.68 Å². The average molecular weight is 243 g/mol. The molecule has 2 unspecified atom stereocenters. The number of halogens is 1. The minimum absolute atomic E-state index is 0.650. The van der Waals surface area contributed by atoms with Crippen LogP contribution in [0, 0.1) is 0 Å². The van der Waals surface area contributed by atoms with Crippen molar-refractivity contribution in [2.75, 3.05) is 0 Å². The maximum atomic E-state index is 4.22. The van der Waals surface area contributed by atoms with Crippen LogP contribution in [0.2, 0.25) is 0 Å². The highest BCUT2D eigenvalue weighted by atomic mass is 79.9. The number of alkyl halides is 1. The quantitative estimate of drug-likeness (QED) is 0.693. The van der Waals surface area contributed by atoms with E-state index < -0.39 is 0 Å². The van der Waals surface area contributed by atoms with Gasteiger partial charge in [0.05, 0.1) is 0 Å². The minimum Gasteiger partial charge on any atom is -0.272 e. The first-order valence-electron chi connectivity index (χ1n) is 4.91. The molecule has 2 rings (SSSR count). The molecule has 1 aliphatic rings. The van der Waals surface area contributed by atoms with Gasteiger partial charge in [-0.25, -0.2) is 0 Å². The molecule has 72 valence electrons. The van der Waals surface area contributed by atoms with Crippen molar-refractivity contribution in [1.82, 2.24) is 9.78 Å². The van der Waals surface area contributed by atoms with Crippen LogP contribution in [0.3, 0.4) is 0 Å². The second kappa shape index (κ2) is 3.82. The SMILES string of the molecule is Cn1nccc1C1CCCCC1Br. The van der Waals surface area contributed by atoms with Crippen LogP contribution in [0.15, 0.2) is 12.3 Å². The number of hydrogen-bond acceptors (Lipinski definition) is 1. The summed E-state index contributed by atoms with van der Waals surface area (Å²) in [5, 5.41) is 4.22. The van der Waals surface area contributed by atoms with Gasteiger partial charge in [-0.15, -0.1) is 0 Å². The highest BCUT2D eigenvalue weighted by Gasteiger charge is 2.25. The zero-order chi connectivity index (χ0) is 9.26. The van der Waals surface area contributed by atoms with Crippen molar-refractivity contribution in [3.8, 4) is 0 Å². The van der Waals surface area contributed by atoms with Crippen LogP contribution in [0.25, 0.3) is 0 Å². The Balaban J connectivity index is 2.19. The van der Waals surface area contributed by atoms with Crippen molar-refractivity contribution in [1.29, 1.82) is 0 Å². The standard InChI is InChI=1S/C10H15BrN2/c1-13-10(6-7-12-13)8-4-2-3-5-9(8)11/h6-9H,2-5H2,1H3. The van der Waals surface area contributed by atoms with Crippen LogP contribution in [0.1, 0.15) is 37.3 Å². The molecule has 1 aromatic heterocycles. The summed E-state index contributed by atoms with van der Waals surface area (Å²) in [6, 6.07) is 2.14. The molecule has 13 heavy (non-hydrogen) atoms. The Morgan fingerprint density at radius 3 is 2.85 bits per heavy atom. The summed E-state index contributed by atoms with van der Waals surface area (Å²) >= 11 is 3.77. The lowest BCUT2D eigenvalue weighted by Gasteiger charge is -2.27. The van der Waals surface area contributed by atoms with Gasteiger partial charge in [0.2, 0.25) is 0 Å². The first-order chi connectivity index (χ1) is 6.29. The van der Waals surface area contributed by atoms with Crippen molar-refractivity contribution in [2.45, 2.75) is 36.4 Å². The molecule has 0 radical (unpaired) electrons. The fraction of sp³-hybridized carbons (Fsp3) is 0.700. The van der Waals surface area contributed by atoms with Crippen molar-refractivity contribution < 1.29 is 0 Å². The zero-order valence-corrected chi connectivity index (χ0v) is 9.50. The molecule has 1 aromatic rings. The lowest BCUT2D eigenvalue weighted by Crippen LogP contribution is -2.19. The normalized spacial score (nSPS) is 29.1. The van der Waals surface area contributed by atoms with Gasteiger partial charge in [0, 0.05) is 29.7 Å². The Labute approximate surface area is 87.5 Å². The third-order valence-electron chi connectivity index (χ3n) is 2.92. The fourth-order valence-electron chi connectivity index (χ4n) is 2.17. The number of aryl methyl sites for hydroxylation is 1. The Morgan fingerprint density at radius 1 is 1.46 bits per heavy atom. The molecule has 2 atom stereocenters. The second-order valence-corrected chi connectivity index (χ2v) is 4.96. The molecule has 0 saturated heterocycles. The first-order valence-corrected chi connectivity index (χ1v) is 5.82. The van der Waals surface area contributed by atoms with Crippen molar-refractivity contribution >= 4 is 15.9 Å². The summed E-state index contributed by atoms with van der Waals surface area (Å²) in [6.07, 6.45) is 7.22. The van der Waals surface area contributed by atoms with Gasteiger partial charge in [0.1, 0.15) is 0 Å². The number of aromatic nitrogens is 2. The molecule has 0 bridgehead atoms. The van der Waals surface area contributed by atoms with E-state index in [-0.39, 0.29) is 0 Å². The monoisotopic (exact) mass is 242 g/mol. The molecule has 0 aliphatic heterocycles. The fourth-order valence-corrected chi connectivity index (χ4v) is 3.03. The first kappa shape index (κ1) is 9.25. The van der Waals surface area contributed by atoms with Gasteiger partial charge in [-0.2, -0.15) is 5.10 Å². The van der Waals surface area contributed by atoms with Crippen LogP contribution in [-0.2, 0) is 7.05 Å². The van der Waals surface area contributed by atoms with E-state index in [2.05, 4.69) is 27.1 Å². The number of nitrogens with zero attached hydrogens (tertiary/aromatic N) is 2. The van der Waals surface area contributed by atoms with Gasteiger partial charge in [-0.1, -0.05) is 28.8 Å². The molecule has 2 nitrogen and oxygen atoms in total. The van der Waals surface area contributed by atoms with Gasteiger partial charge in [-0.05, 0) is 18.9 Å². The zero-order valence-electron chi connectivity index (χ0n) is 7.91. The van der Waals surface area contributed by atoms with E-state index in [4.69, 9.17) is 0 Å². The van der Waals surface area contributed by atoms with Gasteiger partial charge in [0.15, 0.2) is 0 Å². The molecule has 1 aliphatic carbocycles. The van der Waals surface area contributed by atoms with Crippen molar-refractivity contribution in [3.63, 3.8) is 0 Å². The second-order valence-electron chi connectivity index (χ2n) is 3.79. The van der Waals surface area contributed by atoms with Crippen molar-refractivity contribution in [3.05, 3.63) is 18.0 Å². The lowest BCUT2D eigenvalue weighted by molar-refractivity contribution is 0.440. The lowest BCUT2D eigenvalue weighted by atomic mass is 9.87. The molecule has 0 spiro atoms. The third kappa shape index (κ3) is 1.80. The van der Waals surface area contributed by atoms with E-state index >= 15 is 0 Å². The minimum atomic E-state index is 0.650. The predicted molar refractivity (Wildman–Crippen MR) is 57.1 cm³/mol. The third-order valence-corrected chi connectivity index (χ3v) is 4.02. The van der Waals surface area contributed by atoms with Crippen LogP contribution < -0.4 is 0 Å². The van der Waals surface area contributed by atoms with Crippen LogP contribution >= 0.6 is 15.9 Å². The Morgan fingerprint density at radius 2 is 2.23 bits per heavy atom. The molecule has 3 heteroatoms. The average Bonchev–Trinajstić information content (AvgIpc) is 2.52. The Hall–Kier alpha value is -0.310. The highest BCUT2D eigenvalue weighted by Crippen LogP contribution is 2.36. The maximum absolute atomic E-state index is 4.22. The van der Waals surface area contributed by atoms with Crippen molar-refractivity contribution in [2.24, 2.45) is 7.05 Å². The van der Waals surface area contributed by atoms with Gasteiger partial charge in [0.25, 0.3) is 0 Å². The van der Waals surface area contributed by atoms with Gasteiger partial charge < -0.3 is 0 Å². The number of hydrogen-bond donors (Lipinski definition) is 0. The van der Waals surface area contributed by atoms with E-state index in [1.807, 2.05) is 17.9 Å². The molecule has 0 amide bonds. The van der Waals surface area contributed by atoms with Gasteiger partial charge >= 0.3 is 0 Å². The molecule has 0 N–H and O–H groups in total. The highest BCUT2D eigenvalue weighted by molar-refractivity contribution is 9.09. The maximum Gasteiger partial charge on any atom is 0.0492 e. The summed E-state index contributed by atoms with van der Waals surface area (Å²) in [7, 11) is 2.03. The molecular weight excluding hydrogens is 228 g/mol. The Bertz CT molecular complexity index is 282. The van der Waals surface area contributed by atoms with E-state index in [0.29, 0.717) is 10.7 Å². The summed E-state index contributed by atoms with van der Waals surface area (Å²) in [4.78, 5) is 0.650. The van der Waals surface area contributed by atoms with Crippen LogP contribution in [-0.4, -0.2) is 14.6 Å². The topological polar surface area (TPSA) is 17.8 Å².